The second-order valence-corrected chi connectivity index (χ2v) is 5.51. The molecule has 2 aromatic rings. The molecule has 0 radical (unpaired) electrons. The summed E-state index contributed by atoms with van der Waals surface area (Å²) < 4.78 is 5.28. The lowest BCUT2D eigenvalue weighted by Gasteiger charge is -2.21. The van der Waals surface area contributed by atoms with Gasteiger partial charge in [-0.1, -0.05) is 0 Å². The van der Waals surface area contributed by atoms with E-state index in [1.54, 1.807) is 12.1 Å². The van der Waals surface area contributed by atoms with E-state index < -0.39 is 24.2 Å². The number of fused-ring (bicyclic) bond motifs is 1. The van der Waals surface area contributed by atoms with Gasteiger partial charge in [-0.25, -0.2) is 10.2 Å². The van der Waals surface area contributed by atoms with Crippen LogP contribution >= 0.6 is 0 Å². The smallest absolute Gasteiger partial charge is 0.349 e. The Balaban J connectivity index is 2.22. The van der Waals surface area contributed by atoms with Gasteiger partial charge in [0, 0.05) is 36.8 Å². The Hall–Kier alpha value is -2.42. The lowest BCUT2D eigenvalue weighted by molar-refractivity contribution is 0.0820. The first-order valence-electron chi connectivity index (χ1n) is 8.15. The van der Waals surface area contributed by atoms with Gasteiger partial charge in [0.05, 0.1) is 12.7 Å². The first-order chi connectivity index (χ1) is 12.0. The lowest BCUT2D eigenvalue weighted by atomic mass is 10.1. The fourth-order valence-corrected chi connectivity index (χ4v) is 2.42. The van der Waals surface area contributed by atoms with E-state index in [4.69, 9.17) is 9.52 Å². The van der Waals surface area contributed by atoms with Gasteiger partial charge in [0.1, 0.15) is 11.1 Å². The summed E-state index contributed by atoms with van der Waals surface area (Å²) in [7, 11) is 0. The number of nitrogens with zero attached hydrogens (tertiary/aromatic N) is 1. The third-order valence-corrected chi connectivity index (χ3v) is 3.84. The van der Waals surface area contributed by atoms with Crippen LogP contribution in [0.15, 0.2) is 33.5 Å². The number of carbonyl (C=O) groups is 1. The molecule has 0 saturated heterocycles. The topological polar surface area (TPSA) is 115 Å². The largest absolute Gasteiger partial charge is 0.422 e. The summed E-state index contributed by atoms with van der Waals surface area (Å²) in [6.45, 7) is 5.26. The number of hydrazine groups is 1. The quantitative estimate of drug-likeness (QED) is 0.398. The van der Waals surface area contributed by atoms with Crippen molar-refractivity contribution in [2.45, 2.75) is 20.0 Å². The molecule has 0 aliphatic rings. The van der Waals surface area contributed by atoms with Crippen molar-refractivity contribution in [2.24, 2.45) is 0 Å². The van der Waals surface area contributed by atoms with Gasteiger partial charge in [-0.2, -0.15) is 0 Å². The van der Waals surface area contributed by atoms with E-state index in [9.17, 15) is 14.7 Å². The van der Waals surface area contributed by atoms with Gasteiger partial charge in [-0.05, 0) is 32.0 Å². The number of carbonyl (C=O) groups excluding carboxylic acids is 1. The molecular formula is C17H23N3O5. The first kappa shape index (κ1) is 18.9. The second kappa shape index (κ2) is 8.61. The molecule has 0 bridgehead atoms. The highest BCUT2D eigenvalue weighted by Crippen LogP contribution is 2.21. The van der Waals surface area contributed by atoms with Crippen LogP contribution in [0.3, 0.4) is 0 Å². The van der Waals surface area contributed by atoms with Crippen molar-refractivity contribution in [2.75, 3.05) is 31.1 Å². The van der Waals surface area contributed by atoms with Crippen molar-refractivity contribution in [3.8, 4) is 0 Å². The molecule has 4 N–H and O–H groups in total. The molecule has 0 fully saturated rings. The predicted octanol–water partition coefficient (Wildman–Crippen LogP) is 0.227. The van der Waals surface area contributed by atoms with Gasteiger partial charge in [0.25, 0.3) is 5.91 Å². The molecular weight excluding hydrogens is 326 g/mol. The molecule has 1 unspecified atom stereocenters. The minimum atomic E-state index is -1.01. The number of rotatable bonds is 8. The zero-order valence-corrected chi connectivity index (χ0v) is 14.3. The molecule has 1 aromatic heterocycles. The number of amides is 1. The zero-order chi connectivity index (χ0) is 18.4. The summed E-state index contributed by atoms with van der Waals surface area (Å²) in [6, 6.07) is 6.95. The SMILES string of the molecule is CCN(CC)c1ccc2cc(C(=O)NNCC(O)CO)c(=O)oc2c1. The average molecular weight is 349 g/mol. The fourth-order valence-electron chi connectivity index (χ4n) is 2.42. The van der Waals surface area contributed by atoms with Crippen LogP contribution in [0.4, 0.5) is 5.69 Å². The molecule has 1 aromatic carbocycles. The van der Waals surface area contributed by atoms with Crippen LogP contribution in [0.2, 0.25) is 0 Å². The molecule has 1 heterocycles. The molecule has 1 atom stereocenters. The van der Waals surface area contributed by atoms with Crippen LogP contribution in [0, 0.1) is 0 Å². The van der Waals surface area contributed by atoms with E-state index in [2.05, 4.69) is 15.8 Å². The Bertz CT molecular complexity index is 785. The van der Waals surface area contributed by atoms with Crippen molar-refractivity contribution < 1.29 is 19.4 Å². The van der Waals surface area contributed by atoms with Gasteiger partial charge in [-0.3, -0.25) is 10.2 Å². The summed E-state index contributed by atoms with van der Waals surface area (Å²) in [6.07, 6.45) is -1.01. The van der Waals surface area contributed by atoms with Crippen molar-refractivity contribution in [1.82, 2.24) is 10.9 Å². The average Bonchev–Trinajstić information content (AvgIpc) is 2.61. The highest BCUT2D eigenvalue weighted by Gasteiger charge is 2.14. The van der Waals surface area contributed by atoms with Gasteiger partial charge in [0.15, 0.2) is 0 Å². The van der Waals surface area contributed by atoms with Crippen molar-refractivity contribution in [3.63, 3.8) is 0 Å². The summed E-state index contributed by atoms with van der Waals surface area (Å²) >= 11 is 0. The molecule has 136 valence electrons. The van der Waals surface area contributed by atoms with Gasteiger partial charge in [-0.15, -0.1) is 0 Å². The predicted molar refractivity (Wildman–Crippen MR) is 94.6 cm³/mol. The highest BCUT2D eigenvalue weighted by molar-refractivity contribution is 5.96. The van der Waals surface area contributed by atoms with Crippen LogP contribution in [0.1, 0.15) is 24.2 Å². The van der Waals surface area contributed by atoms with Crippen molar-refractivity contribution >= 4 is 22.6 Å². The molecule has 0 aliphatic carbocycles. The van der Waals surface area contributed by atoms with Crippen LogP contribution < -0.4 is 21.4 Å². The number of hydrogen-bond acceptors (Lipinski definition) is 7. The zero-order valence-electron chi connectivity index (χ0n) is 14.3. The minimum Gasteiger partial charge on any atom is -0.422 e. The van der Waals surface area contributed by atoms with Crippen molar-refractivity contribution in [1.29, 1.82) is 0 Å². The molecule has 8 heteroatoms. The summed E-state index contributed by atoms with van der Waals surface area (Å²) in [5.41, 5.74) is 5.21. The lowest BCUT2D eigenvalue weighted by Crippen LogP contribution is -2.43. The second-order valence-electron chi connectivity index (χ2n) is 5.51. The molecule has 2 rings (SSSR count). The van der Waals surface area contributed by atoms with Crippen LogP contribution in [-0.2, 0) is 0 Å². The summed E-state index contributed by atoms with van der Waals surface area (Å²) in [5, 5.41) is 18.5. The molecule has 25 heavy (non-hydrogen) atoms. The molecule has 8 nitrogen and oxygen atoms in total. The maximum absolute atomic E-state index is 12.1. The van der Waals surface area contributed by atoms with Crippen LogP contribution in [-0.4, -0.2) is 48.5 Å². The summed E-state index contributed by atoms with van der Waals surface area (Å²) in [5.74, 6) is -0.673. The van der Waals surface area contributed by atoms with Gasteiger partial charge in [0.2, 0.25) is 0 Å². The van der Waals surface area contributed by atoms with Gasteiger partial charge >= 0.3 is 5.63 Å². The maximum Gasteiger partial charge on any atom is 0.349 e. The van der Waals surface area contributed by atoms with E-state index in [1.807, 2.05) is 19.9 Å². The first-order valence-corrected chi connectivity index (χ1v) is 8.15. The Morgan fingerprint density at radius 3 is 2.64 bits per heavy atom. The van der Waals surface area contributed by atoms with E-state index in [-0.39, 0.29) is 12.1 Å². The highest BCUT2D eigenvalue weighted by atomic mass is 16.4. The number of nitrogens with one attached hydrogen (secondary N) is 2. The van der Waals surface area contributed by atoms with E-state index in [1.165, 1.54) is 6.07 Å². The number of benzene rings is 1. The number of hydrogen-bond donors (Lipinski definition) is 4. The third-order valence-electron chi connectivity index (χ3n) is 3.84. The van der Waals surface area contributed by atoms with E-state index >= 15 is 0 Å². The van der Waals surface area contributed by atoms with Crippen LogP contribution in [0.25, 0.3) is 11.0 Å². The number of aliphatic hydroxyl groups excluding tert-OH is 2. The Morgan fingerprint density at radius 1 is 1.28 bits per heavy atom. The van der Waals surface area contributed by atoms with Crippen LogP contribution in [0.5, 0.6) is 0 Å². The minimum absolute atomic E-state index is 0.0472. The Labute approximate surface area is 145 Å². The van der Waals surface area contributed by atoms with E-state index in [0.29, 0.717) is 11.0 Å². The monoisotopic (exact) mass is 349 g/mol. The normalized spacial score (nSPS) is 12.2. The molecule has 0 saturated carbocycles. The fraction of sp³-hybridized carbons (Fsp3) is 0.412. The summed E-state index contributed by atoms with van der Waals surface area (Å²) in [4.78, 5) is 26.3. The molecule has 0 spiro atoms. The van der Waals surface area contributed by atoms with Crippen molar-refractivity contribution in [3.05, 3.63) is 40.2 Å². The maximum atomic E-state index is 12.1. The van der Waals surface area contributed by atoms with E-state index in [0.717, 1.165) is 18.8 Å². The Morgan fingerprint density at radius 2 is 2.00 bits per heavy atom. The third kappa shape index (κ3) is 4.56. The van der Waals surface area contributed by atoms with Gasteiger partial charge < -0.3 is 19.5 Å². The number of anilines is 1. The standard InChI is InChI=1S/C17H23N3O5/c1-3-20(4-2)12-6-5-11-7-14(17(24)25-15(11)8-12)16(23)19-18-9-13(22)10-21/h5-8,13,18,21-22H,3-4,9-10H2,1-2H3,(H,19,23). The molecule has 1 amide bonds. The Kier molecular flexibility index (Phi) is 6.51. The molecule has 0 aliphatic heterocycles. The number of aliphatic hydroxyl groups is 2.